The lowest BCUT2D eigenvalue weighted by molar-refractivity contribution is -0.142. The van der Waals surface area contributed by atoms with Crippen LogP contribution in [0.15, 0.2) is 24.3 Å². The molecule has 244 valence electrons. The van der Waals surface area contributed by atoms with Crippen LogP contribution in [-0.2, 0) is 45.7 Å². The zero-order valence-electron chi connectivity index (χ0n) is 27.8. The Morgan fingerprint density at radius 3 is 1.45 bits per heavy atom. The van der Waals surface area contributed by atoms with Crippen LogP contribution in [-0.4, -0.2) is 84.7 Å². The van der Waals surface area contributed by atoms with Gasteiger partial charge in [0, 0.05) is 24.7 Å². The molecule has 1 unspecified atom stereocenters. The second kappa shape index (κ2) is 19.1. The van der Waals surface area contributed by atoms with Crippen molar-refractivity contribution in [3.05, 3.63) is 24.3 Å². The number of carbonyl (C=O) groups excluding carboxylic acids is 3. The molecule has 0 bridgehead atoms. The molecule has 0 rings (SSSR count). The third-order valence-corrected chi connectivity index (χ3v) is 22.1. The third-order valence-electron chi connectivity index (χ3n) is 5.94. The van der Waals surface area contributed by atoms with Crippen molar-refractivity contribution in [2.45, 2.75) is 104 Å². The summed E-state index contributed by atoms with van der Waals surface area (Å²) in [5, 5.41) is 0. The Morgan fingerprint density at radius 2 is 1.00 bits per heavy atom. The summed E-state index contributed by atoms with van der Waals surface area (Å²) in [6, 6.07) is 2.36. The minimum absolute atomic E-state index is 0.229. The molecule has 0 aliphatic rings. The zero-order valence-corrected chi connectivity index (χ0v) is 31.8. The van der Waals surface area contributed by atoms with Crippen LogP contribution in [0.25, 0.3) is 0 Å². The van der Waals surface area contributed by atoms with Gasteiger partial charge in [0.2, 0.25) is 0 Å². The van der Waals surface area contributed by atoms with Crippen molar-refractivity contribution in [1.29, 1.82) is 0 Å². The van der Waals surface area contributed by atoms with Crippen molar-refractivity contribution in [2.24, 2.45) is 0 Å². The molecule has 0 aromatic rings. The average molecular weight is 665 g/mol. The van der Waals surface area contributed by atoms with Crippen molar-refractivity contribution in [1.82, 2.24) is 0 Å². The van der Waals surface area contributed by atoms with Crippen molar-refractivity contribution < 1.29 is 45.7 Å². The molecular formula is C28H56O10Si4. The van der Waals surface area contributed by atoms with E-state index >= 15 is 0 Å². The van der Waals surface area contributed by atoms with E-state index < -0.39 is 33.8 Å². The van der Waals surface area contributed by atoms with E-state index in [4.69, 9.17) is 31.3 Å². The maximum Gasteiger partial charge on any atom is 0.333 e. The summed E-state index contributed by atoms with van der Waals surface area (Å²) in [5.74, 6) is -1.07. The van der Waals surface area contributed by atoms with Gasteiger partial charge >= 0.3 is 35.0 Å². The molecule has 0 aromatic carbocycles. The van der Waals surface area contributed by atoms with Gasteiger partial charge in [-0.15, -0.1) is 0 Å². The van der Waals surface area contributed by atoms with E-state index in [2.05, 4.69) is 59.0 Å². The predicted octanol–water partition coefficient (Wildman–Crippen LogP) is 6.21. The minimum Gasteiger partial charge on any atom is -0.463 e. The molecule has 0 amide bonds. The smallest absolute Gasteiger partial charge is 0.333 e. The highest BCUT2D eigenvalue weighted by molar-refractivity contribution is 6.89. The molecule has 0 aromatic heterocycles. The van der Waals surface area contributed by atoms with Gasteiger partial charge in [-0.3, -0.25) is 4.79 Å². The number of rotatable bonds is 23. The van der Waals surface area contributed by atoms with Gasteiger partial charge in [0.15, 0.2) is 16.6 Å². The van der Waals surface area contributed by atoms with Crippen LogP contribution >= 0.6 is 0 Å². The molecule has 42 heavy (non-hydrogen) atoms. The van der Waals surface area contributed by atoms with Gasteiger partial charge in [-0.25, -0.2) is 9.59 Å². The minimum atomic E-state index is -2.72. The zero-order chi connectivity index (χ0) is 32.6. The predicted molar refractivity (Wildman–Crippen MR) is 175 cm³/mol. The molecule has 0 spiro atoms. The topological polar surface area (TPSA) is 116 Å². The average Bonchev–Trinajstić information content (AvgIpc) is 2.81. The molecule has 0 heterocycles. The van der Waals surface area contributed by atoms with Crippen LogP contribution in [0.1, 0.15) is 40.0 Å². The molecule has 0 N–H and O–H groups in total. The standard InChI is InChI=1S/C28H56O10Si4/c1-24(2)27(30)34-17-14-21-39(6,7)36-41(10,11)38-42(12,23-13-16-32-19-20-33-26(5)29)37-40(8,9)22-15-18-35-28(31)25(3)4/h1,3,13-23H2,2,4-12H3. The van der Waals surface area contributed by atoms with Gasteiger partial charge in [-0.05, 0) is 97.1 Å². The number of ether oxygens (including phenoxy) is 4. The van der Waals surface area contributed by atoms with E-state index in [1.165, 1.54) is 6.92 Å². The Morgan fingerprint density at radius 1 is 0.548 bits per heavy atom. The normalized spacial score (nSPS) is 13.7. The highest BCUT2D eigenvalue weighted by Gasteiger charge is 2.45. The van der Waals surface area contributed by atoms with Crippen LogP contribution in [0.5, 0.6) is 0 Å². The van der Waals surface area contributed by atoms with Crippen LogP contribution in [0.2, 0.25) is 64.0 Å². The lowest BCUT2D eigenvalue weighted by Gasteiger charge is -2.42. The molecule has 0 fully saturated rings. The summed E-state index contributed by atoms with van der Waals surface area (Å²) in [7, 11) is -9.64. The Bertz CT molecular complexity index is 907. The van der Waals surface area contributed by atoms with Gasteiger partial charge in [-0.1, -0.05) is 13.2 Å². The Kier molecular flexibility index (Phi) is 18.4. The lowest BCUT2D eigenvalue weighted by Crippen LogP contribution is -2.57. The fourth-order valence-corrected chi connectivity index (χ4v) is 24.1. The summed E-state index contributed by atoms with van der Waals surface area (Å²) in [6.45, 7) is 28.5. The van der Waals surface area contributed by atoms with Crippen molar-refractivity contribution in [2.75, 3.05) is 33.0 Å². The van der Waals surface area contributed by atoms with Crippen molar-refractivity contribution in [3.8, 4) is 0 Å². The maximum atomic E-state index is 11.7. The number of carbonyl (C=O) groups is 3. The van der Waals surface area contributed by atoms with Crippen LogP contribution in [0, 0.1) is 0 Å². The molecule has 0 radical (unpaired) electrons. The van der Waals surface area contributed by atoms with E-state index in [9.17, 15) is 14.4 Å². The molecule has 0 saturated carbocycles. The summed E-state index contributed by atoms with van der Waals surface area (Å²) < 4.78 is 41.7. The third kappa shape index (κ3) is 20.5. The first-order chi connectivity index (χ1) is 19.2. The van der Waals surface area contributed by atoms with Gasteiger partial charge < -0.3 is 31.3 Å². The van der Waals surface area contributed by atoms with Gasteiger partial charge in [0.25, 0.3) is 0 Å². The molecule has 10 nitrogen and oxygen atoms in total. The van der Waals surface area contributed by atoms with Gasteiger partial charge in [0.05, 0.1) is 19.8 Å². The molecule has 1 atom stereocenters. The van der Waals surface area contributed by atoms with Crippen LogP contribution < -0.4 is 0 Å². The monoisotopic (exact) mass is 664 g/mol. The molecule has 0 aliphatic carbocycles. The maximum absolute atomic E-state index is 11.7. The fraction of sp³-hybridized carbons (Fsp3) is 0.750. The number of hydrogen-bond donors (Lipinski definition) is 0. The fourth-order valence-electron chi connectivity index (χ4n) is 4.43. The summed E-state index contributed by atoms with van der Waals surface area (Å²) >= 11 is 0. The van der Waals surface area contributed by atoms with Crippen LogP contribution in [0.3, 0.4) is 0 Å². The SMILES string of the molecule is C=C(C)C(=O)OCCC[Si](C)(C)O[Si](C)(C)O[Si](C)(CCCOCCOC(C)=O)O[Si](C)(C)CCCOC(=O)C(=C)C. The Balaban J connectivity index is 5.29. The molecule has 0 saturated heterocycles. The lowest BCUT2D eigenvalue weighted by atomic mass is 10.4. The summed E-state index contributed by atoms with van der Waals surface area (Å²) in [5.41, 5.74) is 0.779. The van der Waals surface area contributed by atoms with E-state index in [0.29, 0.717) is 50.4 Å². The Labute approximate surface area is 258 Å². The summed E-state index contributed by atoms with van der Waals surface area (Å²) in [6.07, 6.45) is 2.16. The van der Waals surface area contributed by atoms with Gasteiger partial charge in [0.1, 0.15) is 6.61 Å². The van der Waals surface area contributed by atoms with Crippen molar-refractivity contribution in [3.63, 3.8) is 0 Å². The second-order valence-corrected chi connectivity index (χ2v) is 28.5. The van der Waals surface area contributed by atoms with E-state index in [0.717, 1.165) is 24.6 Å². The molecule has 0 aliphatic heterocycles. The summed E-state index contributed by atoms with van der Waals surface area (Å²) in [4.78, 5) is 34.4. The quantitative estimate of drug-likeness (QED) is 0.0411. The molecular weight excluding hydrogens is 609 g/mol. The van der Waals surface area contributed by atoms with Crippen LogP contribution in [0.4, 0.5) is 0 Å². The first-order valence-corrected chi connectivity index (χ1v) is 26.2. The number of esters is 3. The largest absolute Gasteiger partial charge is 0.463 e. The first kappa shape index (κ1) is 40.6. The van der Waals surface area contributed by atoms with E-state index in [-0.39, 0.29) is 24.5 Å². The van der Waals surface area contributed by atoms with E-state index in [1.807, 2.05) is 0 Å². The Hall–Kier alpha value is -1.40. The molecule has 14 heteroatoms. The second-order valence-electron chi connectivity index (χ2n) is 12.5. The van der Waals surface area contributed by atoms with E-state index in [1.54, 1.807) is 13.8 Å². The number of hydrogen-bond acceptors (Lipinski definition) is 10. The highest BCUT2D eigenvalue weighted by Crippen LogP contribution is 2.30. The highest BCUT2D eigenvalue weighted by atomic mass is 28.5. The van der Waals surface area contributed by atoms with Gasteiger partial charge in [-0.2, -0.15) is 0 Å². The van der Waals surface area contributed by atoms with Crippen molar-refractivity contribution >= 4 is 51.7 Å². The first-order valence-electron chi connectivity index (χ1n) is 14.7.